The van der Waals surface area contributed by atoms with Crippen LogP contribution in [0.2, 0.25) is 0 Å². The SMILES string of the molecule is C/C(=N/NC(=O)c1cnccn1)c1cccnc1. The van der Waals surface area contributed by atoms with Gasteiger partial charge in [-0.1, -0.05) is 6.07 Å². The number of hydrazone groups is 1. The molecule has 6 heteroatoms. The minimum atomic E-state index is -0.397. The minimum absolute atomic E-state index is 0.222. The molecule has 0 atom stereocenters. The maximum absolute atomic E-state index is 11.6. The maximum atomic E-state index is 11.6. The molecule has 0 saturated heterocycles. The normalized spacial score (nSPS) is 11.1. The van der Waals surface area contributed by atoms with Crippen LogP contribution in [-0.4, -0.2) is 26.6 Å². The molecule has 0 saturated carbocycles. The molecule has 0 spiro atoms. The number of nitrogens with one attached hydrogen (secondary N) is 1. The summed E-state index contributed by atoms with van der Waals surface area (Å²) in [4.78, 5) is 23.3. The van der Waals surface area contributed by atoms with E-state index in [1.807, 2.05) is 6.07 Å². The molecule has 0 radical (unpaired) electrons. The number of aromatic nitrogens is 3. The molecule has 0 fully saturated rings. The summed E-state index contributed by atoms with van der Waals surface area (Å²) in [6, 6.07) is 3.67. The Hall–Kier alpha value is -2.63. The molecule has 2 aromatic heterocycles. The fraction of sp³-hybridized carbons (Fsp3) is 0.0833. The van der Waals surface area contributed by atoms with Crippen LogP contribution in [0.25, 0.3) is 0 Å². The summed E-state index contributed by atoms with van der Waals surface area (Å²) in [5.74, 6) is -0.397. The Morgan fingerprint density at radius 1 is 1.22 bits per heavy atom. The molecule has 0 aliphatic rings. The predicted molar refractivity (Wildman–Crippen MR) is 65.9 cm³/mol. The quantitative estimate of drug-likeness (QED) is 0.642. The molecule has 0 bridgehead atoms. The third kappa shape index (κ3) is 2.94. The van der Waals surface area contributed by atoms with Gasteiger partial charge in [-0.3, -0.25) is 14.8 Å². The molecule has 90 valence electrons. The summed E-state index contributed by atoms with van der Waals surface area (Å²) in [6.07, 6.45) is 7.68. The van der Waals surface area contributed by atoms with Crippen molar-refractivity contribution >= 4 is 11.6 Å². The summed E-state index contributed by atoms with van der Waals surface area (Å²) >= 11 is 0. The van der Waals surface area contributed by atoms with Crippen molar-refractivity contribution in [1.82, 2.24) is 20.4 Å². The van der Waals surface area contributed by atoms with E-state index in [-0.39, 0.29) is 5.69 Å². The molecular weight excluding hydrogens is 230 g/mol. The van der Waals surface area contributed by atoms with E-state index in [9.17, 15) is 4.79 Å². The first-order valence-electron chi connectivity index (χ1n) is 5.28. The fourth-order valence-electron chi connectivity index (χ4n) is 1.25. The summed E-state index contributed by atoms with van der Waals surface area (Å²) in [5, 5.41) is 3.98. The summed E-state index contributed by atoms with van der Waals surface area (Å²) < 4.78 is 0. The van der Waals surface area contributed by atoms with E-state index in [2.05, 4.69) is 25.5 Å². The molecule has 2 aromatic rings. The summed E-state index contributed by atoms with van der Waals surface area (Å²) in [6.45, 7) is 1.79. The molecular formula is C12H11N5O. The number of hydrogen-bond acceptors (Lipinski definition) is 5. The van der Waals surface area contributed by atoms with Crippen LogP contribution in [0.5, 0.6) is 0 Å². The number of amides is 1. The average molecular weight is 241 g/mol. The monoisotopic (exact) mass is 241 g/mol. The van der Waals surface area contributed by atoms with Gasteiger partial charge in [-0.15, -0.1) is 0 Å². The predicted octanol–water partition coefficient (Wildman–Crippen LogP) is 1.03. The molecule has 18 heavy (non-hydrogen) atoms. The van der Waals surface area contributed by atoms with Crippen molar-refractivity contribution in [2.75, 3.05) is 0 Å². The van der Waals surface area contributed by atoms with Gasteiger partial charge in [0, 0.05) is 30.4 Å². The Bertz CT molecular complexity index is 553. The number of carbonyl (C=O) groups is 1. The van der Waals surface area contributed by atoms with Crippen molar-refractivity contribution in [3.8, 4) is 0 Å². The molecule has 0 aliphatic heterocycles. The van der Waals surface area contributed by atoms with Crippen LogP contribution in [0.1, 0.15) is 23.0 Å². The lowest BCUT2D eigenvalue weighted by molar-refractivity contribution is 0.0949. The fourth-order valence-corrected chi connectivity index (χ4v) is 1.25. The number of nitrogens with zero attached hydrogens (tertiary/aromatic N) is 4. The van der Waals surface area contributed by atoms with Crippen LogP contribution >= 0.6 is 0 Å². The summed E-state index contributed by atoms with van der Waals surface area (Å²) in [7, 11) is 0. The van der Waals surface area contributed by atoms with Gasteiger partial charge in [-0.2, -0.15) is 5.10 Å². The number of carbonyl (C=O) groups excluding carboxylic acids is 1. The Morgan fingerprint density at radius 2 is 2.06 bits per heavy atom. The molecule has 0 aromatic carbocycles. The third-order valence-corrected chi connectivity index (χ3v) is 2.20. The van der Waals surface area contributed by atoms with Gasteiger partial charge in [0.15, 0.2) is 0 Å². The van der Waals surface area contributed by atoms with Crippen molar-refractivity contribution in [2.45, 2.75) is 6.92 Å². The molecule has 1 amide bonds. The topological polar surface area (TPSA) is 80.1 Å². The Balaban J connectivity index is 2.05. The van der Waals surface area contributed by atoms with Crippen molar-refractivity contribution < 1.29 is 4.79 Å². The highest BCUT2D eigenvalue weighted by Crippen LogP contribution is 1.98. The van der Waals surface area contributed by atoms with Crippen molar-refractivity contribution in [3.63, 3.8) is 0 Å². The van der Waals surface area contributed by atoms with Gasteiger partial charge in [-0.25, -0.2) is 10.4 Å². The van der Waals surface area contributed by atoms with Gasteiger partial charge in [-0.05, 0) is 13.0 Å². The molecule has 6 nitrogen and oxygen atoms in total. The molecule has 1 N–H and O–H groups in total. The van der Waals surface area contributed by atoms with Gasteiger partial charge in [0.25, 0.3) is 5.91 Å². The van der Waals surface area contributed by atoms with Crippen molar-refractivity contribution in [3.05, 3.63) is 54.4 Å². The van der Waals surface area contributed by atoms with E-state index >= 15 is 0 Å². The van der Waals surface area contributed by atoms with Gasteiger partial charge >= 0.3 is 0 Å². The van der Waals surface area contributed by atoms with Crippen LogP contribution in [-0.2, 0) is 0 Å². The molecule has 2 heterocycles. The second-order valence-electron chi connectivity index (χ2n) is 3.47. The number of hydrogen-bond donors (Lipinski definition) is 1. The minimum Gasteiger partial charge on any atom is -0.265 e. The van der Waals surface area contributed by atoms with E-state index in [4.69, 9.17) is 0 Å². The lowest BCUT2D eigenvalue weighted by Crippen LogP contribution is -2.20. The molecule has 0 unspecified atom stereocenters. The highest BCUT2D eigenvalue weighted by atomic mass is 16.2. The van der Waals surface area contributed by atoms with Gasteiger partial charge < -0.3 is 0 Å². The van der Waals surface area contributed by atoms with Crippen molar-refractivity contribution in [1.29, 1.82) is 0 Å². The second kappa shape index (κ2) is 5.62. The van der Waals surface area contributed by atoms with Crippen molar-refractivity contribution in [2.24, 2.45) is 5.10 Å². The smallest absolute Gasteiger partial charge is 0.265 e. The molecule has 0 aliphatic carbocycles. The van der Waals surface area contributed by atoms with E-state index < -0.39 is 5.91 Å². The summed E-state index contributed by atoms with van der Waals surface area (Å²) in [5.41, 5.74) is 4.15. The first-order chi connectivity index (χ1) is 8.77. The lowest BCUT2D eigenvalue weighted by Gasteiger charge is -2.01. The Labute approximate surface area is 104 Å². The standard InChI is InChI=1S/C12H11N5O/c1-9(10-3-2-4-13-7-10)16-17-12(18)11-8-14-5-6-15-11/h2-8H,1H3,(H,17,18)/b16-9-. The first kappa shape index (κ1) is 11.8. The zero-order chi connectivity index (χ0) is 12.8. The van der Waals surface area contributed by atoms with E-state index in [0.29, 0.717) is 5.71 Å². The Kier molecular flexibility index (Phi) is 3.70. The highest BCUT2D eigenvalue weighted by Gasteiger charge is 2.05. The largest absolute Gasteiger partial charge is 0.291 e. The zero-order valence-corrected chi connectivity index (χ0v) is 9.74. The number of rotatable bonds is 3. The Morgan fingerprint density at radius 3 is 2.72 bits per heavy atom. The highest BCUT2D eigenvalue weighted by molar-refractivity contribution is 6.00. The van der Waals surface area contributed by atoms with E-state index in [1.54, 1.807) is 25.4 Å². The van der Waals surface area contributed by atoms with E-state index in [0.717, 1.165) is 5.56 Å². The van der Waals surface area contributed by atoms with Gasteiger partial charge in [0.05, 0.1) is 11.9 Å². The van der Waals surface area contributed by atoms with E-state index in [1.165, 1.54) is 18.6 Å². The van der Waals surface area contributed by atoms with Crippen LogP contribution in [0.3, 0.4) is 0 Å². The lowest BCUT2D eigenvalue weighted by atomic mass is 10.2. The van der Waals surface area contributed by atoms with Crippen LogP contribution in [0.4, 0.5) is 0 Å². The van der Waals surface area contributed by atoms with Gasteiger partial charge in [0.2, 0.25) is 0 Å². The zero-order valence-electron chi connectivity index (χ0n) is 9.74. The average Bonchev–Trinajstić information content (AvgIpc) is 2.46. The van der Waals surface area contributed by atoms with Crippen LogP contribution in [0.15, 0.2) is 48.2 Å². The molecule has 2 rings (SSSR count). The number of pyridine rings is 1. The van der Waals surface area contributed by atoms with Crippen LogP contribution < -0.4 is 5.43 Å². The third-order valence-electron chi connectivity index (χ3n) is 2.20. The maximum Gasteiger partial charge on any atom is 0.291 e. The first-order valence-corrected chi connectivity index (χ1v) is 5.28. The van der Waals surface area contributed by atoms with Crippen LogP contribution in [0, 0.1) is 0 Å². The van der Waals surface area contributed by atoms with Gasteiger partial charge in [0.1, 0.15) is 5.69 Å². The second-order valence-corrected chi connectivity index (χ2v) is 3.47.